The molecule has 0 atom stereocenters. The second kappa shape index (κ2) is 6.19. The highest BCUT2D eigenvalue weighted by molar-refractivity contribution is 14.1. The van der Waals surface area contributed by atoms with Gasteiger partial charge in [0.2, 0.25) is 0 Å². The van der Waals surface area contributed by atoms with Gasteiger partial charge >= 0.3 is 0 Å². The predicted molar refractivity (Wildman–Crippen MR) is 68.9 cm³/mol. The van der Waals surface area contributed by atoms with Crippen molar-refractivity contribution in [3.05, 3.63) is 21.8 Å². The van der Waals surface area contributed by atoms with Crippen LogP contribution in [-0.4, -0.2) is 31.2 Å². The number of aliphatic hydroxyl groups is 1. The van der Waals surface area contributed by atoms with Crippen molar-refractivity contribution < 1.29 is 13.9 Å². The Balaban J connectivity index is 2.91. The molecule has 0 heterocycles. The van der Waals surface area contributed by atoms with Gasteiger partial charge in [-0.05, 0) is 40.8 Å². The highest BCUT2D eigenvalue weighted by atomic mass is 127. The van der Waals surface area contributed by atoms with Gasteiger partial charge < -0.3 is 15.7 Å². The average molecular weight is 342 g/mol. The zero-order valence-corrected chi connectivity index (χ0v) is 10.7. The molecule has 1 aromatic rings. The number of nitrogens with two attached hydrogens (primary N) is 1. The molecule has 6 heteroatoms. The van der Waals surface area contributed by atoms with E-state index in [1.807, 2.05) is 0 Å². The number of benzene rings is 1. The van der Waals surface area contributed by atoms with E-state index in [0.717, 1.165) is 3.57 Å². The fourth-order valence-electron chi connectivity index (χ4n) is 1.41. The summed E-state index contributed by atoms with van der Waals surface area (Å²) < 4.78 is 25.6. The minimum absolute atomic E-state index is 0.148. The Morgan fingerprint density at radius 2 is 2.12 bits per heavy atom. The highest BCUT2D eigenvalue weighted by Gasteiger charge is 2.14. The quantitative estimate of drug-likeness (QED) is 0.635. The maximum atomic E-state index is 12.3. The van der Waals surface area contributed by atoms with Crippen LogP contribution in [0.5, 0.6) is 0 Å². The molecule has 0 radical (unpaired) electrons. The minimum atomic E-state index is -2.45. The predicted octanol–water partition coefficient (Wildman–Crippen LogP) is 1.94. The van der Waals surface area contributed by atoms with E-state index in [9.17, 15) is 8.78 Å². The Hall–Kier alpha value is -0.630. The lowest BCUT2D eigenvalue weighted by molar-refractivity contribution is 0.153. The van der Waals surface area contributed by atoms with E-state index in [-0.39, 0.29) is 13.2 Å². The Labute approximate surface area is 106 Å². The summed E-state index contributed by atoms with van der Waals surface area (Å²) >= 11 is 2.10. The summed E-state index contributed by atoms with van der Waals surface area (Å²) in [4.78, 5) is 1.38. The van der Waals surface area contributed by atoms with Crippen molar-refractivity contribution in [3.8, 4) is 0 Å². The Morgan fingerprint density at radius 1 is 1.44 bits per heavy atom. The van der Waals surface area contributed by atoms with Crippen molar-refractivity contribution in [2.24, 2.45) is 0 Å². The molecule has 0 fully saturated rings. The standard InChI is InChI=1S/C10H13F2IN2O/c11-10(12)6-15(3-4-16)9-2-1-7(13)5-8(9)14/h1-2,5,10,16H,3-4,6,14H2. The molecule has 0 amide bonds. The fourth-order valence-corrected chi connectivity index (χ4v) is 1.93. The van der Waals surface area contributed by atoms with E-state index < -0.39 is 13.0 Å². The number of hydrogen-bond acceptors (Lipinski definition) is 3. The number of nitrogens with zero attached hydrogens (tertiary/aromatic N) is 1. The summed E-state index contributed by atoms with van der Waals surface area (Å²) in [6.45, 7) is -0.460. The summed E-state index contributed by atoms with van der Waals surface area (Å²) in [5.41, 5.74) is 6.74. The van der Waals surface area contributed by atoms with Gasteiger partial charge in [-0.25, -0.2) is 8.78 Å². The van der Waals surface area contributed by atoms with Gasteiger partial charge in [-0.1, -0.05) is 0 Å². The molecule has 16 heavy (non-hydrogen) atoms. The van der Waals surface area contributed by atoms with Crippen molar-refractivity contribution in [2.45, 2.75) is 6.43 Å². The van der Waals surface area contributed by atoms with Gasteiger partial charge in [0, 0.05) is 10.1 Å². The topological polar surface area (TPSA) is 49.5 Å². The molecule has 1 rings (SSSR count). The van der Waals surface area contributed by atoms with Crippen molar-refractivity contribution in [3.63, 3.8) is 0 Å². The van der Waals surface area contributed by atoms with Gasteiger partial charge in [-0.2, -0.15) is 0 Å². The van der Waals surface area contributed by atoms with E-state index in [2.05, 4.69) is 22.6 Å². The summed E-state index contributed by atoms with van der Waals surface area (Å²) in [6.07, 6.45) is -2.45. The van der Waals surface area contributed by atoms with E-state index in [0.29, 0.717) is 11.4 Å². The fraction of sp³-hybridized carbons (Fsp3) is 0.400. The first-order chi connectivity index (χ1) is 7.54. The molecule has 0 bridgehead atoms. The molecule has 90 valence electrons. The lowest BCUT2D eigenvalue weighted by atomic mass is 10.2. The molecule has 0 aromatic heterocycles. The number of nitrogen functional groups attached to an aromatic ring is 1. The van der Waals surface area contributed by atoms with Crippen molar-refractivity contribution in [1.82, 2.24) is 0 Å². The SMILES string of the molecule is Nc1cc(I)ccc1N(CCO)CC(F)F. The molecule has 3 nitrogen and oxygen atoms in total. The molecule has 0 unspecified atom stereocenters. The Morgan fingerprint density at radius 3 is 2.62 bits per heavy atom. The highest BCUT2D eigenvalue weighted by Crippen LogP contribution is 2.25. The van der Waals surface area contributed by atoms with Crippen LogP contribution in [0.25, 0.3) is 0 Å². The molecule has 0 saturated carbocycles. The molecular formula is C10H13F2IN2O. The number of aliphatic hydroxyl groups excluding tert-OH is 1. The Kier molecular flexibility index (Phi) is 5.20. The average Bonchev–Trinajstić information content (AvgIpc) is 2.16. The first-order valence-corrected chi connectivity index (χ1v) is 5.81. The Bertz CT molecular complexity index is 350. The smallest absolute Gasteiger partial charge is 0.255 e. The first kappa shape index (κ1) is 13.4. The summed E-state index contributed by atoms with van der Waals surface area (Å²) in [5.74, 6) is 0. The van der Waals surface area contributed by atoms with Crippen molar-refractivity contribution >= 4 is 34.0 Å². The largest absolute Gasteiger partial charge is 0.397 e. The van der Waals surface area contributed by atoms with E-state index in [4.69, 9.17) is 10.8 Å². The normalized spacial score (nSPS) is 10.8. The van der Waals surface area contributed by atoms with Crippen LogP contribution in [0.3, 0.4) is 0 Å². The molecule has 0 aliphatic rings. The van der Waals surface area contributed by atoms with Crippen LogP contribution >= 0.6 is 22.6 Å². The van der Waals surface area contributed by atoms with Gasteiger partial charge in [0.25, 0.3) is 6.43 Å². The van der Waals surface area contributed by atoms with Gasteiger partial charge in [0.1, 0.15) is 0 Å². The third-order valence-corrected chi connectivity index (χ3v) is 2.73. The third-order valence-electron chi connectivity index (χ3n) is 2.06. The van der Waals surface area contributed by atoms with E-state index >= 15 is 0 Å². The van der Waals surface area contributed by atoms with E-state index in [1.165, 1.54) is 4.90 Å². The zero-order chi connectivity index (χ0) is 12.1. The summed E-state index contributed by atoms with van der Waals surface area (Å²) in [5, 5.41) is 8.83. The number of halogens is 3. The van der Waals surface area contributed by atoms with Gasteiger partial charge in [-0.15, -0.1) is 0 Å². The van der Waals surface area contributed by atoms with Crippen LogP contribution in [0.2, 0.25) is 0 Å². The molecule has 3 N–H and O–H groups in total. The minimum Gasteiger partial charge on any atom is -0.397 e. The lowest BCUT2D eigenvalue weighted by Crippen LogP contribution is -2.32. The first-order valence-electron chi connectivity index (χ1n) is 4.73. The van der Waals surface area contributed by atoms with Crippen LogP contribution in [0.1, 0.15) is 0 Å². The summed E-state index contributed by atoms with van der Waals surface area (Å²) in [6, 6.07) is 5.20. The maximum Gasteiger partial charge on any atom is 0.255 e. The molecular weight excluding hydrogens is 329 g/mol. The second-order valence-corrected chi connectivity index (χ2v) is 4.51. The van der Waals surface area contributed by atoms with E-state index in [1.54, 1.807) is 18.2 Å². The second-order valence-electron chi connectivity index (χ2n) is 3.26. The number of hydrogen-bond donors (Lipinski definition) is 2. The number of anilines is 2. The lowest BCUT2D eigenvalue weighted by Gasteiger charge is -2.25. The molecule has 0 spiro atoms. The van der Waals surface area contributed by atoms with Crippen molar-refractivity contribution in [2.75, 3.05) is 30.3 Å². The van der Waals surface area contributed by atoms with Gasteiger partial charge in [0.15, 0.2) is 0 Å². The zero-order valence-electron chi connectivity index (χ0n) is 8.54. The third kappa shape index (κ3) is 3.75. The van der Waals surface area contributed by atoms with Crippen LogP contribution in [0.4, 0.5) is 20.2 Å². The molecule has 1 aromatic carbocycles. The maximum absolute atomic E-state index is 12.3. The summed E-state index contributed by atoms with van der Waals surface area (Å²) in [7, 11) is 0. The number of rotatable bonds is 5. The molecule has 0 aliphatic heterocycles. The van der Waals surface area contributed by atoms with Crippen molar-refractivity contribution in [1.29, 1.82) is 0 Å². The van der Waals surface area contributed by atoms with Crippen LogP contribution in [0.15, 0.2) is 18.2 Å². The van der Waals surface area contributed by atoms with Gasteiger partial charge in [0.05, 0.1) is 24.5 Å². The van der Waals surface area contributed by atoms with Crippen LogP contribution < -0.4 is 10.6 Å². The number of alkyl halides is 2. The molecule has 0 aliphatic carbocycles. The van der Waals surface area contributed by atoms with Gasteiger partial charge in [-0.3, -0.25) is 0 Å². The van der Waals surface area contributed by atoms with Crippen LogP contribution in [0, 0.1) is 3.57 Å². The van der Waals surface area contributed by atoms with Crippen LogP contribution in [-0.2, 0) is 0 Å². The monoisotopic (exact) mass is 342 g/mol. The molecule has 0 saturated heterocycles.